The highest BCUT2D eigenvalue weighted by Gasteiger charge is 2.62. The van der Waals surface area contributed by atoms with Crippen LogP contribution in [0, 0.1) is 12.7 Å². The second-order valence-electron chi connectivity index (χ2n) is 8.18. The molecule has 0 fully saturated rings. The quantitative estimate of drug-likeness (QED) is 0.244. The topological polar surface area (TPSA) is 63.6 Å². The molecule has 0 aliphatic carbocycles. The van der Waals surface area contributed by atoms with Gasteiger partial charge in [0.2, 0.25) is 0 Å². The second kappa shape index (κ2) is 10.3. The van der Waals surface area contributed by atoms with Gasteiger partial charge in [-0.3, -0.25) is 9.78 Å². The minimum Gasteiger partial charge on any atom is -0.374 e. The summed E-state index contributed by atoms with van der Waals surface area (Å²) < 4.78 is 56.5. The Morgan fingerprint density at radius 3 is 2.35 bits per heavy atom. The largest absolute Gasteiger partial charge is 0.435 e. The summed E-state index contributed by atoms with van der Waals surface area (Å²) in [4.78, 5) is 21.7. The monoisotopic (exact) mass is 593 g/mol. The van der Waals surface area contributed by atoms with Crippen molar-refractivity contribution >= 4 is 58.0 Å². The Balaban J connectivity index is 1.55. The zero-order valence-corrected chi connectivity index (χ0v) is 21.7. The van der Waals surface area contributed by atoms with E-state index in [1.54, 1.807) is 6.92 Å². The number of halogens is 8. The normalized spacial score (nSPS) is 17.4. The van der Waals surface area contributed by atoms with Crippen molar-refractivity contribution in [3.63, 3.8) is 0 Å². The third-order valence-electron chi connectivity index (χ3n) is 5.74. The van der Waals surface area contributed by atoms with E-state index in [1.165, 1.54) is 30.5 Å². The van der Waals surface area contributed by atoms with Crippen LogP contribution in [0.3, 0.4) is 0 Å². The lowest BCUT2D eigenvalue weighted by Crippen LogP contribution is -2.42. The third kappa shape index (κ3) is 5.36. The molecule has 4 rings (SSSR count). The average molecular weight is 595 g/mol. The van der Waals surface area contributed by atoms with Gasteiger partial charge in [0.15, 0.2) is 5.82 Å². The number of carbonyl (C=O) groups excluding carboxylic acids is 1. The number of nitrogens with zero attached hydrogens (tertiary/aromatic N) is 2. The third-order valence-corrected chi connectivity index (χ3v) is 6.82. The van der Waals surface area contributed by atoms with Crippen LogP contribution in [-0.2, 0) is 17.0 Å². The number of oxime groups is 1. The van der Waals surface area contributed by atoms with E-state index in [0.717, 1.165) is 12.1 Å². The summed E-state index contributed by atoms with van der Waals surface area (Å²) in [5.41, 5.74) is -1.95. The Kier molecular flexibility index (Phi) is 7.63. The molecule has 1 aliphatic rings. The Hall–Kier alpha value is -2.59. The van der Waals surface area contributed by atoms with Gasteiger partial charge in [0.25, 0.3) is 11.5 Å². The molecular weight excluding hydrogens is 580 g/mol. The van der Waals surface area contributed by atoms with Crippen molar-refractivity contribution in [1.29, 1.82) is 0 Å². The number of aryl methyl sites for hydroxylation is 1. The first-order valence-corrected chi connectivity index (χ1v) is 12.0. The lowest BCUT2D eigenvalue weighted by molar-refractivity contribution is -0.275. The van der Waals surface area contributed by atoms with E-state index in [2.05, 4.69) is 15.5 Å². The summed E-state index contributed by atoms with van der Waals surface area (Å²) in [7, 11) is 0. The SMILES string of the molecule is Cc1cc(C2=NOC(c3cc(Cl)c(F)c(Cl)c3)(C(F)(F)F)C2)ccc1C(=O)NCc1ncc(Cl)cc1Cl. The van der Waals surface area contributed by atoms with Crippen LogP contribution in [0.2, 0.25) is 20.1 Å². The molecule has 1 aromatic heterocycles. The van der Waals surface area contributed by atoms with Crippen LogP contribution in [0.1, 0.15) is 39.2 Å². The van der Waals surface area contributed by atoms with E-state index in [0.29, 0.717) is 21.8 Å². The first-order valence-electron chi connectivity index (χ1n) is 10.5. The average Bonchev–Trinajstić information content (AvgIpc) is 3.28. The summed E-state index contributed by atoms with van der Waals surface area (Å²) in [6.07, 6.45) is -4.26. The molecule has 3 aromatic rings. The first-order chi connectivity index (χ1) is 17.3. The number of rotatable bonds is 5. The summed E-state index contributed by atoms with van der Waals surface area (Å²) >= 11 is 23.4. The van der Waals surface area contributed by atoms with Gasteiger partial charge >= 0.3 is 6.18 Å². The van der Waals surface area contributed by atoms with E-state index in [9.17, 15) is 22.4 Å². The van der Waals surface area contributed by atoms with E-state index in [4.69, 9.17) is 51.2 Å². The van der Waals surface area contributed by atoms with Gasteiger partial charge in [-0.2, -0.15) is 13.2 Å². The van der Waals surface area contributed by atoms with Crippen LogP contribution < -0.4 is 5.32 Å². The minimum absolute atomic E-state index is 0.0268. The molecule has 2 aromatic carbocycles. The summed E-state index contributed by atoms with van der Waals surface area (Å²) in [5.74, 6) is -1.48. The van der Waals surface area contributed by atoms with Crippen molar-refractivity contribution in [3.8, 4) is 0 Å². The lowest BCUT2D eigenvalue weighted by Gasteiger charge is -2.29. The zero-order chi connectivity index (χ0) is 27.1. The van der Waals surface area contributed by atoms with E-state index >= 15 is 0 Å². The second-order valence-corrected chi connectivity index (χ2v) is 9.84. The highest BCUT2D eigenvalue weighted by Crippen LogP contribution is 2.50. The predicted octanol–water partition coefficient (Wildman–Crippen LogP) is 7.65. The molecule has 1 unspecified atom stereocenters. The van der Waals surface area contributed by atoms with Gasteiger partial charge in [-0.15, -0.1) is 0 Å². The van der Waals surface area contributed by atoms with E-state index < -0.39 is 45.5 Å². The van der Waals surface area contributed by atoms with Gasteiger partial charge in [-0.1, -0.05) is 57.6 Å². The smallest absolute Gasteiger partial charge is 0.374 e. The molecule has 0 bridgehead atoms. The molecule has 194 valence electrons. The molecule has 0 saturated carbocycles. The fraction of sp³-hybridized carbons (Fsp3) is 0.208. The number of hydrogen-bond donors (Lipinski definition) is 1. The fourth-order valence-electron chi connectivity index (χ4n) is 3.78. The van der Waals surface area contributed by atoms with E-state index in [-0.39, 0.29) is 22.8 Å². The molecule has 0 spiro atoms. The van der Waals surface area contributed by atoms with Gasteiger partial charge < -0.3 is 10.2 Å². The highest BCUT2D eigenvalue weighted by atomic mass is 35.5. The van der Waals surface area contributed by atoms with Crippen molar-refractivity contribution in [2.75, 3.05) is 0 Å². The minimum atomic E-state index is -4.94. The van der Waals surface area contributed by atoms with E-state index in [1.807, 2.05) is 0 Å². The Labute approximate surface area is 228 Å². The van der Waals surface area contributed by atoms with Gasteiger partial charge in [0, 0.05) is 23.7 Å². The molecule has 13 heteroatoms. The number of nitrogens with one attached hydrogen (secondary N) is 1. The van der Waals surface area contributed by atoms with Crippen LogP contribution in [0.4, 0.5) is 17.6 Å². The van der Waals surface area contributed by atoms with Crippen molar-refractivity contribution < 1.29 is 27.2 Å². The molecule has 0 saturated heterocycles. The number of carbonyl (C=O) groups is 1. The maximum atomic E-state index is 14.2. The van der Waals surface area contributed by atoms with Crippen LogP contribution in [-0.4, -0.2) is 22.8 Å². The number of amides is 1. The molecule has 1 atom stereocenters. The van der Waals surface area contributed by atoms with Crippen molar-refractivity contribution in [2.24, 2.45) is 5.16 Å². The molecule has 0 radical (unpaired) electrons. The summed E-state index contributed by atoms with van der Waals surface area (Å²) in [6, 6.07) is 7.55. The van der Waals surface area contributed by atoms with Crippen molar-refractivity contribution in [2.45, 2.75) is 31.7 Å². The van der Waals surface area contributed by atoms with Crippen LogP contribution in [0.5, 0.6) is 0 Å². The van der Waals surface area contributed by atoms with Crippen molar-refractivity contribution in [3.05, 3.63) is 96.5 Å². The summed E-state index contributed by atoms with van der Waals surface area (Å²) in [6.45, 7) is 1.66. The van der Waals surface area contributed by atoms with Crippen molar-refractivity contribution in [1.82, 2.24) is 10.3 Å². The van der Waals surface area contributed by atoms with Crippen LogP contribution >= 0.6 is 46.4 Å². The highest BCUT2D eigenvalue weighted by molar-refractivity contribution is 6.35. The van der Waals surface area contributed by atoms with Gasteiger partial charge in [-0.25, -0.2) is 4.39 Å². The maximum absolute atomic E-state index is 14.2. The molecular formula is C24H15Cl4F4N3O2. The van der Waals surface area contributed by atoms with Gasteiger partial charge in [-0.05, 0) is 48.4 Å². The fourth-order valence-corrected chi connectivity index (χ4v) is 4.71. The number of aromatic nitrogens is 1. The molecule has 1 aliphatic heterocycles. The summed E-state index contributed by atoms with van der Waals surface area (Å²) in [5, 5.41) is 5.84. The number of hydrogen-bond acceptors (Lipinski definition) is 4. The number of pyridine rings is 1. The van der Waals surface area contributed by atoms with Gasteiger partial charge in [0.1, 0.15) is 0 Å². The zero-order valence-electron chi connectivity index (χ0n) is 18.7. The van der Waals surface area contributed by atoms with Crippen LogP contribution in [0.25, 0.3) is 0 Å². The number of benzene rings is 2. The molecule has 5 nitrogen and oxygen atoms in total. The Bertz CT molecular complexity index is 1410. The lowest BCUT2D eigenvalue weighted by atomic mass is 9.86. The standard InChI is InChI=1S/C24H15Cl4F4N3O2/c1-11-4-12(2-3-15(11)22(36)34-10-20-16(26)7-14(25)9-33-20)19-8-23(37-35-19,24(30,31)32)13-5-17(27)21(29)18(28)6-13/h2-7,9H,8,10H2,1H3,(H,34,36). The first kappa shape index (κ1) is 27.4. The Morgan fingerprint density at radius 2 is 1.76 bits per heavy atom. The predicted molar refractivity (Wildman–Crippen MR) is 133 cm³/mol. The maximum Gasteiger partial charge on any atom is 0.435 e. The van der Waals surface area contributed by atoms with Gasteiger partial charge in [0.05, 0.1) is 38.0 Å². The van der Waals surface area contributed by atoms with Crippen LogP contribution in [0.15, 0.2) is 47.8 Å². The number of alkyl halides is 3. The molecule has 2 heterocycles. The molecule has 1 N–H and O–H groups in total. The molecule has 37 heavy (non-hydrogen) atoms. The molecule has 1 amide bonds. The Morgan fingerprint density at radius 1 is 1.08 bits per heavy atom.